The van der Waals surface area contributed by atoms with Crippen molar-refractivity contribution in [1.29, 1.82) is 0 Å². The van der Waals surface area contributed by atoms with Crippen molar-refractivity contribution in [2.75, 3.05) is 5.32 Å². The predicted octanol–water partition coefficient (Wildman–Crippen LogP) is 5.06. The van der Waals surface area contributed by atoms with Gasteiger partial charge in [-0.15, -0.1) is 0 Å². The largest absolute Gasteiger partial charge is 0.353 e. The standard InChI is InChI=1S/C20H24N2S/c1-15-12-16(2)14-18(13-15)21-19(23)22-20(10-6-7-11-20)17-8-4-3-5-9-17/h3-5,8-9,12-14H,6-7,10-11H2,1-2H3,(H2,21,22,23). The summed E-state index contributed by atoms with van der Waals surface area (Å²) in [6, 6.07) is 17.1. The SMILES string of the molecule is Cc1cc(C)cc(NC(=S)NC2(c3ccccc3)CCCC2)c1. The van der Waals surface area contributed by atoms with Crippen LogP contribution in [-0.2, 0) is 5.54 Å². The third-order valence-electron chi connectivity index (χ3n) is 4.62. The first kappa shape index (κ1) is 16.0. The number of nitrogens with one attached hydrogen (secondary N) is 2. The van der Waals surface area contributed by atoms with E-state index in [2.05, 4.69) is 73.0 Å². The van der Waals surface area contributed by atoms with Crippen molar-refractivity contribution in [2.45, 2.75) is 45.1 Å². The highest BCUT2D eigenvalue weighted by Gasteiger charge is 2.36. The molecule has 1 aliphatic carbocycles. The third-order valence-corrected chi connectivity index (χ3v) is 4.82. The molecule has 1 fully saturated rings. The molecule has 2 aromatic carbocycles. The molecule has 0 amide bonds. The smallest absolute Gasteiger partial charge is 0.171 e. The summed E-state index contributed by atoms with van der Waals surface area (Å²) >= 11 is 5.61. The molecule has 120 valence electrons. The predicted molar refractivity (Wildman–Crippen MR) is 102 cm³/mol. The maximum absolute atomic E-state index is 5.61. The van der Waals surface area contributed by atoms with Crippen LogP contribution in [0.25, 0.3) is 0 Å². The third kappa shape index (κ3) is 3.73. The molecule has 2 N–H and O–H groups in total. The molecule has 0 aliphatic heterocycles. The maximum atomic E-state index is 5.61. The highest BCUT2D eigenvalue weighted by molar-refractivity contribution is 7.80. The van der Waals surface area contributed by atoms with Crippen LogP contribution in [0.3, 0.4) is 0 Å². The molecule has 0 saturated heterocycles. The average molecular weight is 324 g/mol. The van der Waals surface area contributed by atoms with E-state index in [9.17, 15) is 0 Å². The molecule has 0 atom stereocenters. The van der Waals surface area contributed by atoms with Gasteiger partial charge in [-0.25, -0.2) is 0 Å². The van der Waals surface area contributed by atoms with Crippen LogP contribution in [0.4, 0.5) is 5.69 Å². The Morgan fingerprint density at radius 2 is 1.57 bits per heavy atom. The monoisotopic (exact) mass is 324 g/mol. The highest BCUT2D eigenvalue weighted by atomic mass is 32.1. The molecule has 0 aromatic heterocycles. The van der Waals surface area contributed by atoms with E-state index in [1.165, 1.54) is 29.5 Å². The van der Waals surface area contributed by atoms with Crippen LogP contribution in [0, 0.1) is 13.8 Å². The first-order valence-electron chi connectivity index (χ1n) is 8.30. The second-order valence-electron chi connectivity index (χ2n) is 6.61. The number of anilines is 1. The molecular weight excluding hydrogens is 300 g/mol. The lowest BCUT2D eigenvalue weighted by Gasteiger charge is -2.32. The molecule has 1 aliphatic rings. The zero-order valence-corrected chi connectivity index (χ0v) is 14.7. The fraction of sp³-hybridized carbons (Fsp3) is 0.350. The van der Waals surface area contributed by atoms with E-state index in [1.807, 2.05) is 0 Å². The van der Waals surface area contributed by atoms with Crippen LogP contribution >= 0.6 is 12.2 Å². The summed E-state index contributed by atoms with van der Waals surface area (Å²) in [6.45, 7) is 4.22. The Labute approximate surface area is 144 Å². The Morgan fingerprint density at radius 1 is 0.957 bits per heavy atom. The fourth-order valence-corrected chi connectivity index (χ4v) is 3.96. The van der Waals surface area contributed by atoms with Crippen LogP contribution in [0.15, 0.2) is 48.5 Å². The van der Waals surface area contributed by atoms with Crippen molar-refractivity contribution >= 4 is 23.0 Å². The van der Waals surface area contributed by atoms with Gasteiger partial charge in [0.25, 0.3) is 0 Å². The lowest BCUT2D eigenvalue weighted by Crippen LogP contribution is -2.45. The molecule has 2 nitrogen and oxygen atoms in total. The van der Waals surface area contributed by atoms with Crippen molar-refractivity contribution in [3.63, 3.8) is 0 Å². The van der Waals surface area contributed by atoms with Gasteiger partial charge in [-0.1, -0.05) is 49.2 Å². The fourth-order valence-electron chi connectivity index (χ4n) is 3.65. The van der Waals surface area contributed by atoms with Gasteiger partial charge in [-0.2, -0.15) is 0 Å². The average Bonchev–Trinajstić information content (AvgIpc) is 2.96. The summed E-state index contributed by atoms with van der Waals surface area (Å²) in [4.78, 5) is 0. The Balaban J connectivity index is 1.77. The number of aryl methyl sites for hydroxylation is 2. The lowest BCUT2D eigenvalue weighted by atomic mass is 9.88. The van der Waals surface area contributed by atoms with Gasteiger partial charge < -0.3 is 10.6 Å². The summed E-state index contributed by atoms with van der Waals surface area (Å²) in [5, 5.41) is 7.69. The van der Waals surface area contributed by atoms with Crippen LogP contribution in [-0.4, -0.2) is 5.11 Å². The van der Waals surface area contributed by atoms with Gasteiger partial charge in [0.1, 0.15) is 0 Å². The Kier molecular flexibility index (Phi) is 4.67. The summed E-state index contributed by atoms with van der Waals surface area (Å²) in [5.41, 5.74) is 4.86. The molecule has 0 radical (unpaired) electrons. The molecule has 3 heteroatoms. The van der Waals surface area contributed by atoms with Gasteiger partial charge in [0.05, 0.1) is 5.54 Å². The van der Waals surface area contributed by atoms with Crippen LogP contribution in [0.5, 0.6) is 0 Å². The Hall–Kier alpha value is -1.87. The molecule has 0 bridgehead atoms. The van der Waals surface area contributed by atoms with E-state index in [1.54, 1.807) is 0 Å². The zero-order chi connectivity index (χ0) is 16.3. The van der Waals surface area contributed by atoms with Crippen LogP contribution in [0.2, 0.25) is 0 Å². The van der Waals surface area contributed by atoms with Gasteiger partial charge in [0.2, 0.25) is 0 Å². The number of thiocarbonyl (C=S) groups is 1. The van der Waals surface area contributed by atoms with Gasteiger partial charge in [0.15, 0.2) is 5.11 Å². The molecule has 0 heterocycles. The van der Waals surface area contributed by atoms with Crippen molar-refractivity contribution in [2.24, 2.45) is 0 Å². The van der Waals surface area contributed by atoms with Crippen molar-refractivity contribution in [1.82, 2.24) is 5.32 Å². The van der Waals surface area contributed by atoms with Gasteiger partial charge in [-0.3, -0.25) is 0 Å². The van der Waals surface area contributed by atoms with Crippen molar-refractivity contribution < 1.29 is 0 Å². The van der Waals surface area contributed by atoms with Gasteiger partial charge in [-0.05, 0) is 67.7 Å². The molecule has 23 heavy (non-hydrogen) atoms. The Bertz CT molecular complexity index is 668. The molecule has 2 aromatic rings. The summed E-state index contributed by atoms with van der Waals surface area (Å²) < 4.78 is 0. The Morgan fingerprint density at radius 3 is 2.17 bits per heavy atom. The summed E-state index contributed by atoms with van der Waals surface area (Å²) in [5.74, 6) is 0. The van der Waals surface area contributed by atoms with Crippen molar-refractivity contribution in [3.05, 3.63) is 65.2 Å². The first-order valence-corrected chi connectivity index (χ1v) is 8.71. The van der Waals surface area contributed by atoms with Gasteiger partial charge >= 0.3 is 0 Å². The summed E-state index contributed by atoms with van der Waals surface area (Å²) in [7, 11) is 0. The number of hydrogen-bond donors (Lipinski definition) is 2. The molecule has 3 rings (SSSR count). The minimum Gasteiger partial charge on any atom is -0.353 e. The highest BCUT2D eigenvalue weighted by Crippen LogP contribution is 2.38. The van der Waals surface area contributed by atoms with Gasteiger partial charge in [0, 0.05) is 5.69 Å². The lowest BCUT2D eigenvalue weighted by molar-refractivity contribution is 0.408. The molecule has 1 saturated carbocycles. The number of hydrogen-bond acceptors (Lipinski definition) is 1. The van der Waals surface area contributed by atoms with Crippen LogP contribution in [0.1, 0.15) is 42.4 Å². The van der Waals surface area contributed by atoms with E-state index in [0.29, 0.717) is 5.11 Å². The van der Waals surface area contributed by atoms with E-state index in [0.717, 1.165) is 18.5 Å². The normalized spacial score (nSPS) is 16.1. The van der Waals surface area contributed by atoms with E-state index in [4.69, 9.17) is 12.2 Å². The maximum Gasteiger partial charge on any atom is 0.171 e. The minimum absolute atomic E-state index is 0.0236. The quantitative estimate of drug-likeness (QED) is 0.772. The number of rotatable bonds is 3. The summed E-state index contributed by atoms with van der Waals surface area (Å²) in [6.07, 6.45) is 4.75. The number of benzene rings is 2. The minimum atomic E-state index is -0.0236. The molecule has 0 spiro atoms. The van der Waals surface area contributed by atoms with E-state index < -0.39 is 0 Å². The molecule has 0 unspecified atom stereocenters. The van der Waals surface area contributed by atoms with E-state index >= 15 is 0 Å². The molecular formula is C20H24N2S. The van der Waals surface area contributed by atoms with Crippen molar-refractivity contribution in [3.8, 4) is 0 Å². The first-order chi connectivity index (χ1) is 11.1. The second-order valence-corrected chi connectivity index (χ2v) is 7.02. The van der Waals surface area contributed by atoms with E-state index in [-0.39, 0.29) is 5.54 Å². The topological polar surface area (TPSA) is 24.1 Å². The zero-order valence-electron chi connectivity index (χ0n) is 13.9. The van der Waals surface area contributed by atoms with Crippen LogP contribution < -0.4 is 10.6 Å². The second kappa shape index (κ2) is 6.71.